The van der Waals surface area contributed by atoms with Gasteiger partial charge in [0.05, 0.1) is 6.10 Å². The molecule has 18 heavy (non-hydrogen) atoms. The Labute approximate surface area is 110 Å². The quantitative estimate of drug-likeness (QED) is 0.461. The van der Waals surface area contributed by atoms with Crippen LogP contribution in [0.2, 0.25) is 0 Å². The van der Waals surface area contributed by atoms with Gasteiger partial charge in [-0.05, 0) is 44.9 Å². The molecule has 1 aromatic carbocycles. The number of rotatable bonds is 6. The standard InChI is InChI=1S/C15H22N2O/c1-4-5-6-10-15(17-16)13-8-7-9-14(11-13)18-12(2)3/h7-9,11-12,15,17H,6,10,16H2,1-3H3. The van der Waals surface area contributed by atoms with Gasteiger partial charge in [0.1, 0.15) is 5.75 Å². The average molecular weight is 246 g/mol. The lowest BCUT2D eigenvalue weighted by Crippen LogP contribution is -2.27. The molecule has 0 saturated carbocycles. The third-order valence-electron chi connectivity index (χ3n) is 2.57. The van der Waals surface area contributed by atoms with Gasteiger partial charge in [-0.25, -0.2) is 0 Å². The van der Waals surface area contributed by atoms with Gasteiger partial charge in [0, 0.05) is 12.5 Å². The second-order valence-electron chi connectivity index (χ2n) is 4.42. The van der Waals surface area contributed by atoms with E-state index in [1.807, 2.05) is 39.0 Å². The lowest BCUT2D eigenvalue weighted by atomic mass is 10.0. The summed E-state index contributed by atoms with van der Waals surface area (Å²) in [6, 6.07) is 8.15. The van der Waals surface area contributed by atoms with E-state index in [0.29, 0.717) is 0 Å². The van der Waals surface area contributed by atoms with Crippen LogP contribution in [0.3, 0.4) is 0 Å². The molecule has 3 heteroatoms. The molecule has 0 aromatic heterocycles. The van der Waals surface area contributed by atoms with Crippen LogP contribution in [0.5, 0.6) is 5.75 Å². The first-order chi connectivity index (χ1) is 8.67. The molecule has 0 heterocycles. The maximum absolute atomic E-state index is 5.68. The van der Waals surface area contributed by atoms with E-state index in [1.54, 1.807) is 0 Å². The van der Waals surface area contributed by atoms with Gasteiger partial charge in [0.2, 0.25) is 0 Å². The summed E-state index contributed by atoms with van der Waals surface area (Å²) in [6.07, 6.45) is 1.90. The molecule has 0 spiro atoms. The van der Waals surface area contributed by atoms with Crippen molar-refractivity contribution in [3.8, 4) is 17.6 Å². The van der Waals surface area contributed by atoms with Crippen LogP contribution in [0.4, 0.5) is 0 Å². The molecule has 0 fully saturated rings. The van der Waals surface area contributed by atoms with E-state index in [0.717, 1.165) is 24.2 Å². The summed E-state index contributed by atoms with van der Waals surface area (Å²) in [5, 5.41) is 0. The van der Waals surface area contributed by atoms with Crippen LogP contribution >= 0.6 is 0 Å². The molecular weight excluding hydrogens is 224 g/mol. The van der Waals surface area contributed by atoms with Crippen molar-refractivity contribution < 1.29 is 4.74 Å². The maximum Gasteiger partial charge on any atom is 0.120 e. The molecule has 3 N–H and O–H groups in total. The van der Waals surface area contributed by atoms with Crippen molar-refractivity contribution in [1.82, 2.24) is 5.43 Å². The molecule has 1 unspecified atom stereocenters. The lowest BCUT2D eigenvalue weighted by molar-refractivity contribution is 0.242. The summed E-state index contributed by atoms with van der Waals surface area (Å²) in [5.74, 6) is 12.4. The molecule has 1 rings (SSSR count). The van der Waals surface area contributed by atoms with Gasteiger partial charge in [-0.3, -0.25) is 11.3 Å². The number of nitrogens with two attached hydrogens (primary N) is 1. The minimum Gasteiger partial charge on any atom is -0.491 e. The van der Waals surface area contributed by atoms with Crippen LogP contribution in [0.1, 0.15) is 45.2 Å². The predicted molar refractivity (Wildman–Crippen MR) is 75.0 cm³/mol. The van der Waals surface area contributed by atoms with E-state index in [1.165, 1.54) is 0 Å². The van der Waals surface area contributed by atoms with Crippen molar-refractivity contribution in [1.29, 1.82) is 0 Å². The van der Waals surface area contributed by atoms with Crippen molar-refractivity contribution in [2.24, 2.45) is 5.84 Å². The summed E-state index contributed by atoms with van der Waals surface area (Å²) >= 11 is 0. The molecule has 0 bridgehead atoms. The fourth-order valence-electron chi connectivity index (χ4n) is 1.76. The largest absolute Gasteiger partial charge is 0.491 e. The molecule has 1 atom stereocenters. The third-order valence-corrected chi connectivity index (χ3v) is 2.57. The molecule has 0 radical (unpaired) electrons. The number of hydrogen-bond donors (Lipinski definition) is 2. The third kappa shape index (κ3) is 4.79. The Bertz CT molecular complexity index is 418. The number of nitrogens with one attached hydrogen (secondary N) is 1. The Hall–Kier alpha value is -1.50. The SMILES string of the molecule is CC#CCCC(NN)c1cccc(OC(C)C)c1. The second-order valence-corrected chi connectivity index (χ2v) is 4.42. The Kier molecular flexibility index (Phi) is 6.27. The van der Waals surface area contributed by atoms with Gasteiger partial charge < -0.3 is 4.74 Å². The fourth-order valence-corrected chi connectivity index (χ4v) is 1.76. The van der Waals surface area contributed by atoms with Gasteiger partial charge >= 0.3 is 0 Å². The molecule has 0 aliphatic carbocycles. The van der Waals surface area contributed by atoms with Crippen molar-refractivity contribution >= 4 is 0 Å². The Morgan fingerprint density at radius 3 is 2.78 bits per heavy atom. The maximum atomic E-state index is 5.68. The molecule has 0 saturated heterocycles. The molecule has 0 aliphatic rings. The van der Waals surface area contributed by atoms with E-state index in [9.17, 15) is 0 Å². The van der Waals surface area contributed by atoms with E-state index in [2.05, 4.69) is 23.3 Å². The van der Waals surface area contributed by atoms with Crippen molar-refractivity contribution in [2.45, 2.75) is 45.8 Å². The number of benzene rings is 1. The Balaban J connectivity index is 2.74. The van der Waals surface area contributed by atoms with Gasteiger partial charge in [-0.1, -0.05) is 12.1 Å². The van der Waals surface area contributed by atoms with E-state index in [-0.39, 0.29) is 12.1 Å². The zero-order valence-corrected chi connectivity index (χ0v) is 11.4. The smallest absolute Gasteiger partial charge is 0.120 e. The lowest BCUT2D eigenvalue weighted by Gasteiger charge is -2.17. The summed E-state index contributed by atoms with van der Waals surface area (Å²) in [5.41, 5.74) is 3.97. The predicted octanol–water partition coefficient (Wildman–Crippen LogP) is 2.78. The number of hydrogen-bond acceptors (Lipinski definition) is 3. The van der Waals surface area contributed by atoms with Crippen LogP contribution in [0.25, 0.3) is 0 Å². The Morgan fingerprint density at radius 1 is 1.39 bits per heavy atom. The van der Waals surface area contributed by atoms with Crippen molar-refractivity contribution in [2.75, 3.05) is 0 Å². The summed E-state index contributed by atoms with van der Waals surface area (Å²) in [6.45, 7) is 5.88. The first-order valence-corrected chi connectivity index (χ1v) is 6.29. The molecule has 0 amide bonds. The normalized spacial score (nSPS) is 11.8. The number of hydrazine groups is 1. The Morgan fingerprint density at radius 2 is 2.17 bits per heavy atom. The highest BCUT2D eigenvalue weighted by Gasteiger charge is 2.10. The summed E-state index contributed by atoms with van der Waals surface area (Å²) in [4.78, 5) is 0. The first kappa shape index (κ1) is 14.6. The van der Waals surface area contributed by atoms with Gasteiger partial charge in [-0.2, -0.15) is 0 Å². The summed E-state index contributed by atoms with van der Waals surface area (Å²) in [7, 11) is 0. The highest BCUT2D eigenvalue weighted by Crippen LogP contribution is 2.22. The monoisotopic (exact) mass is 246 g/mol. The van der Waals surface area contributed by atoms with Crippen LogP contribution in [-0.4, -0.2) is 6.10 Å². The molecule has 3 nitrogen and oxygen atoms in total. The van der Waals surface area contributed by atoms with Crippen LogP contribution < -0.4 is 16.0 Å². The zero-order valence-electron chi connectivity index (χ0n) is 11.4. The van der Waals surface area contributed by atoms with Gasteiger partial charge in [-0.15, -0.1) is 11.8 Å². The van der Waals surface area contributed by atoms with E-state index in [4.69, 9.17) is 10.6 Å². The zero-order chi connectivity index (χ0) is 13.4. The van der Waals surface area contributed by atoms with E-state index < -0.39 is 0 Å². The fraction of sp³-hybridized carbons (Fsp3) is 0.467. The molecule has 1 aromatic rings. The van der Waals surface area contributed by atoms with Crippen LogP contribution in [-0.2, 0) is 0 Å². The topological polar surface area (TPSA) is 47.3 Å². The van der Waals surface area contributed by atoms with Crippen LogP contribution in [0.15, 0.2) is 24.3 Å². The van der Waals surface area contributed by atoms with Gasteiger partial charge in [0.25, 0.3) is 0 Å². The average Bonchev–Trinajstić information content (AvgIpc) is 2.34. The molecule has 98 valence electrons. The van der Waals surface area contributed by atoms with Crippen molar-refractivity contribution in [3.63, 3.8) is 0 Å². The number of ether oxygens (including phenoxy) is 1. The molecular formula is C15H22N2O. The molecule has 0 aliphatic heterocycles. The van der Waals surface area contributed by atoms with Gasteiger partial charge in [0.15, 0.2) is 0 Å². The minimum atomic E-state index is 0.113. The highest BCUT2D eigenvalue weighted by atomic mass is 16.5. The minimum absolute atomic E-state index is 0.113. The summed E-state index contributed by atoms with van der Waals surface area (Å²) < 4.78 is 5.68. The van der Waals surface area contributed by atoms with Crippen LogP contribution in [0, 0.1) is 11.8 Å². The highest BCUT2D eigenvalue weighted by molar-refractivity contribution is 5.30. The van der Waals surface area contributed by atoms with Crippen molar-refractivity contribution in [3.05, 3.63) is 29.8 Å². The first-order valence-electron chi connectivity index (χ1n) is 6.29. The second kappa shape index (κ2) is 7.75. The van der Waals surface area contributed by atoms with E-state index >= 15 is 0 Å².